The van der Waals surface area contributed by atoms with E-state index in [1.165, 1.54) is 0 Å². The summed E-state index contributed by atoms with van der Waals surface area (Å²) in [5, 5.41) is 2.77. The van der Waals surface area contributed by atoms with Gasteiger partial charge in [-0.05, 0) is 20.8 Å². The lowest BCUT2D eigenvalue weighted by Crippen LogP contribution is -2.42. The number of nitrogens with zero attached hydrogens (tertiary/aromatic N) is 1. The fourth-order valence-corrected chi connectivity index (χ4v) is 1.33. The lowest BCUT2D eigenvalue weighted by molar-refractivity contribution is -0.144. The van der Waals surface area contributed by atoms with Crippen LogP contribution in [-0.2, 0) is 14.3 Å². The summed E-state index contributed by atoms with van der Waals surface area (Å²) in [7, 11) is 0. The van der Waals surface area contributed by atoms with E-state index < -0.39 is 0 Å². The van der Waals surface area contributed by atoms with Gasteiger partial charge in [0.2, 0.25) is 5.91 Å². The van der Waals surface area contributed by atoms with Gasteiger partial charge in [-0.3, -0.25) is 14.5 Å². The highest BCUT2D eigenvalue weighted by molar-refractivity contribution is 5.79. The van der Waals surface area contributed by atoms with E-state index in [0.717, 1.165) is 0 Å². The van der Waals surface area contributed by atoms with Gasteiger partial charge >= 0.3 is 5.97 Å². The Kier molecular flexibility index (Phi) is 8.05. The molecule has 0 saturated heterocycles. The van der Waals surface area contributed by atoms with Gasteiger partial charge in [0.15, 0.2) is 0 Å². The monoisotopic (exact) mass is 242 g/mol. The summed E-state index contributed by atoms with van der Waals surface area (Å²) in [6.45, 7) is 10.2. The van der Waals surface area contributed by atoms with Gasteiger partial charge in [-0.15, -0.1) is 6.58 Å². The average Bonchev–Trinajstić information content (AvgIpc) is 2.16. The van der Waals surface area contributed by atoms with Crippen molar-refractivity contribution in [2.45, 2.75) is 26.8 Å². The molecule has 5 nitrogen and oxygen atoms in total. The molecule has 1 N–H and O–H groups in total. The van der Waals surface area contributed by atoms with Crippen molar-refractivity contribution in [1.82, 2.24) is 10.2 Å². The summed E-state index contributed by atoms with van der Waals surface area (Å²) in [6.07, 6.45) is 1.65. The molecule has 0 rings (SSSR count). The van der Waals surface area contributed by atoms with Crippen LogP contribution in [0.15, 0.2) is 12.7 Å². The molecule has 0 aromatic carbocycles. The topological polar surface area (TPSA) is 58.6 Å². The molecule has 0 aromatic heterocycles. The predicted octanol–water partition coefficient (Wildman–Crippen LogP) is 0.562. The molecule has 0 aliphatic carbocycles. The Morgan fingerprint density at radius 2 is 2.06 bits per heavy atom. The van der Waals surface area contributed by atoms with E-state index in [1.807, 2.05) is 13.8 Å². The highest BCUT2D eigenvalue weighted by Crippen LogP contribution is 1.92. The Bertz CT molecular complexity index is 264. The molecule has 0 heterocycles. The smallest absolute Gasteiger partial charge is 0.320 e. The van der Waals surface area contributed by atoms with Crippen LogP contribution in [0.25, 0.3) is 0 Å². The second kappa shape index (κ2) is 8.75. The average molecular weight is 242 g/mol. The molecule has 0 aliphatic heterocycles. The number of carbonyl (C=O) groups is 2. The maximum atomic E-state index is 11.5. The highest BCUT2D eigenvalue weighted by atomic mass is 16.5. The van der Waals surface area contributed by atoms with Gasteiger partial charge in [-0.25, -0.2) is 0 Å². The molecule has 5 heteroatoms. The van der Waals surface area contributed by atoms with Crippen LogP contribution in [-0.4, -0.2) is 49.1 Å². The molecule has 0 atom stereocenters. The van der Waals surface area contributed by atoms with E-state index >= 15 is 0 Å². The first-order chi connectivity index (χ1) is 7.99. The molecule has 0 fully saturated rings. The first-order valence-electron chi connectivity index (χ1n) is 5.77. The van der Waals surface area contributed by atoms with Gasteiger partial charge in [0, 0.05) is 12.6 Å². The molecule has 0 saturated carbocycles. The van der Waals surface area contributed by atoms with E-state index in [9.17, 15) is 9.59 Å². The first-order valence-corrected chi connectivity index (χ1v) is 5.77. The summed E-state index contributed by atoms with van der Waals surface area (Å²) < 4.78 is 4.83. The quantitative estimate of drug-likeness (QED) is 0.499. The van der Waals surface area contributed by atoms with Crippen LogP contribution in [0.4, 0.5) is 0 Å². The van der Waals surface area contributed by atoms with Crippen LogP contribution in [0.1, 0.15) is 20.8 Å². The number of esters is 1. The fourth-order valence-electron chi connectivity index (χ4n) is 1.33. The lowest BCUT2D eigenvalue weighted by atomic mass is 10.3. The number of ether oxygens (including phenoxy) is 1. The van der Waals surface area contributed by atoms with E-state index in [-0.39, 0.29) is 31.0 Å². The van der Waals surface area contributed by atoms with Gasteiger partial charge in [-0.2, -0.15) is 0 Å². The summed E-state index contributed by atoms with van der Waals surface area (Å²) in [6, 6.07) is 0.0932. The second-order valence-corrected chi connectivity index (χ2v) is 3.99. The molecule has 17 heavy (non-hydrogen) atoms. The number of nitrogens with one attached hydrogen (secondary N) is 1. The van der Waals surface area contributed by atoms with E-state index in [1.54, 1.807) is 17.9 Å². The minimum absolute atomic E-state index is 0.0932. The van der Waals surface area contributed by atoms with Gasteiger partial charge < -0.3 is 10.1 Å². The van der Waals surface area contributed by atoms with E-state index in [2.05, 4.69) is 11.9 Å². The van der Waals surface area contributed by atoms with Gasteiger partial charge in [0.25, 0.3) is 0 Å². The Balaban J connectivity index is 4.18. The zero-order valence-electron chi connectivity index (χ0n) is 10.9. The molecular weight excluding hydrogens is 220 g/mol. The Hall–Kier alpha value is -1.36. The third-order valence-corrected chi connectivity index (χ3v) is 1.86. The van der Waals surface area contributed by atoms with E-state index in [0.29, 0.717) is 13.2 Å². The maximum Gasteiger partial charge on any atom is 0.320 e. The molecule has 0 aromatic rings. The minimum atomic E-state index is -0.327. The molecule has 0 aliphatic rings. The molecule has 0 unspecified atom stereocenters. The van der Waals surface area contributed by atoms with Crippen molar-refractivity contribution in [3.05, 3.63) is 12.7 Å². The van der Waals surface area contributed by atoms with Gasteiger partial charge in [0.1, 0.15) is 0 Å². The van der Waals surface area contributed by atoms with Crippen molar-refractivity contribution in [3.8, 4) is 0 Å². The van der Waals surface area contributed by atoms with Crippen molar-refractivity contribution < 1.29 is 14.3 Å². The number of amides is 1. The highest BCUT2D eigenvalue weighted by Gasteiger charge is 2.14. The summed E-state index contributed by atoms with van der Waals surface area (Å²) in [4.78, 5) is 24.5. The van der Waals surface area contributed by atoms with Crippen LogP contribution in [0.2, 0.25) is 0 Å². The SMILES string of the molecule is C=CCN(CC(=O)NC(C)C)CC(=O)OCC. The second-order valence-electron chi connectivity index (χ2n) is 3.99. The van der Waals surface area contributed by atoms with Crippen LogP contribution in [0.3, 0.4) is 0 Å². The standard InChI is InChI=1S/C12H22N2O3/c1-5-7-14(9-12(16)17-6-2)8-11(15)13-10(3)4/h5,10H,1,6-9H2,2-4H3,(H,13,15). The van der Waals surface area contributed by atoms with Crippen molar-refractivity contribution in [2.24, 2.45) is 0 Å². The van der Waals surface area contributed by atoms with Gasteiger partial charge in [-0.1, -0.05) is 6.08 Å². The van der Waals surface area contributed by atoms with Crippen molar-refractivity contribution in [2.75, 3.05) is 26.2 Å². The minimum Gasteiger partial charge on any atom is -0.465 e. The summed E-state index contributed by atoms with van der Waals surface area (Å²) >= 11 is 0. The predicted molar refractivity (Wildman–Crippen MR) is 66.5 cm³/mol. The third-order valence-electron chi connectivity index (χ3n) is 1.86. The van der Waals surface area contributed by atoms with Crippen LogP contribution in [0.5, 0.6) is 0 Å². The van der Waals surface area contributed by atoms with E-state index in [4.69, 9.17) is 4.74 Å². The molecular formula is C12H22N2O3. The van der Waals surface area contributed by atoms with Crippen LogP contribution >= 0.6 is 0 Å². The largest absolute Gasteiger partial charge is 0.465 e. The lowest BCUT2D eigenvalue weighted by Gasteiger charge is -2.19. The number of hydrogen-bond acceptors (Lipinski definition) is 4. The number of carbonyl (C=O) groups excluding carboxylic acids is 2. The third kappa shape index (κ3) is 8.45. The van der Waals surface area contributed by atoms with Crippen molar-refractivity contribution >= 4 is 11.9 Å². The van der Waals surface area contributed by atoms with Crippen molar-refractivity contribution in [1.29, 1.82) is 0 Å². The normalized spacial score (nSPS) is 10.4. The molecule has 1 amide bonds. The molecule has 98 valence electrons. The Labute approximate surface area is 103 Å². The van der Waals surface area contributed by atoms with Crippen LogP contribution in [0, 0.1) is 0 Å². The molecule has 0 bridgehead atoms. The zero-order valence-corrected chi connectivity index (χ0v) is 10.9. The summed E-state index contributed by atoms with van der Waals surface area (Å²) in [5.74, 6) is -0.433. The first kappa shape index (κ1) is 15.6. The number of hydrogen-bond donors (Lipinski definition) is 1. The Morgan fingerprint density at radius 3 is 2.53 bits per heavy atom. The number of rotatable bonds is 8. The molecule has 0 spiro atoms. The van der Waals surface area contributed by atoms with Crippen molar-refractivity contribution in [3.63, 3.8) is 0 Å². The summed E-state index contributed by atoms with van der Waals surface area (Å²) in [5.41, 5.74) is 0. The fraction of sp³-hybridized carbons (Fsp3) is 0.667. The molecule has 0 radical (unpaired) electrons. The van der Waals surface area contributed by atoms with Gasteiger partial charge in [0.05, 0.1) is 19.7 Å². The Morgan fingerprint density at radius 1 is 1.41 bits per heavy atom. The maximum absolute atomic E-state index is 11.5. The zero-order chi connectivity index (χ0) is 13.3. The van der Waals surface area contributed by atoms with Crippen LogP contribution < -0.4 is 5.32 Å².